The van der Waals surface area contributed by atoms with E-state index in [1.807, 2.05) is 4.68 Å². The number of rotatable bonds is 2. The first kappa shape index (κ1) is 9.19. The average molecular weight is 283 g/mol. The van der Waals surface area contributed by atoms with E-state index >= 15 is 0 Å². The summed E-state index contributed by atoms with van der Waals surface area (Å²) in [5.41, 5.74) is 0. The highest BCUT2D eigenvalue weighted by Gasteiger charge is 2.09. The Balaban J connectivity index is 2.93. The molecular weight excluding hydrogens is 274 g/mol. The highest BCUT2D eigenvalue weighted by molar-refractivity contribution is 9.11. The second-order valence-electron chi connectivity index (χ2n) is 2.35. The Morgan fingerprint density at radius 3 is 2.55 bits per heavy atom. The summed E-state index contributed by atoms with van der Waals surface area (Å²) in [7, 11) is 0. The van der Waals surface area contributed by atoms with Crippen molar-refractivity contribution < 1.29 is 0 Å². The van der Waals surface area contributed by atoms with Gasteiger partial charge in [0.1, 0.15) is 0 Å². The van der Waals surface area contributed by atoms with Crippen molar-refractivity contribution in [3.05, 3.63) is 9.47 Å². The first-order chi connectivity index (χ1) is 5.15. The minimum atomic E-state index is 0.392. The second-order valence-corrected chi connectivity index (χ2v) is 3.77. The zero-order valence-electron chi connectivity index (χ0n) is 6.38. The maximum Gasteiger partial charge on any atom is 0.218 e. The number of nitrogens with zero attached hydrogens (tertiary/aromatic N) is 3. The van der Waals surface area contributed by atoms with Crippen LogP contribution in [0.2, 0.25) is 0 Å². The molecule has 0 bridgehead atoms. The predicted molar refractivity (Wildman–Crippen MR) is 50.4 cm³/mol. The Bertz CT molecular complexity index is 246. The van der Waals surface area contributed by atoms with Crippen molar-refractivity contribution in [3.63, 3.8) is 0 Å². The van der Waals surface area contributed by atoms with Crippen LogP contribution in [0, 0.1) is 0 Å². The lowest BCUT2D eigenvalue weighted by Crippen LogP contribution is -2.05. The highest BCUT2D eigenvalue weighted by Crippen LogP contribution is 2.18. The van der Waals surface area contributed by atoms with Crippen LogP contribution in [0.15, 0.2) is 9.47 Å². The summed E-state index contributed by atoms with van der Waals surface area (Å²) in [5.74, 6) is 0. The molecule has 1 aromatic heterocycles. The van der Waals surface area contributed by atoms with Crippen molar-refractivity contribution in [2.45, 2.75) is 26.3 Å². The molecule has 1 rings (SSSR count). The highest BCUT2D eigenvalue weighted by atomic mass is 79.9. The molecule has 0 aliphatic carbocycles. The SMILES string of the molecule is CCC(C)n1nc(Br)nc1Br. The lowest BCUT2D eigenvalue weighted by molar-refractivity contribution is 0.466. The standard InChI is InChI=1S/C6H9Br2N3/c1-3-4(2)11-6(8)9-5(7)10-11/h4H,3H2,1-2H3. The number of hydrogen-bond donors (Lipinski definition) is 0. The molecule has 1 atom stereocenters. The minimum Gasteiger partial charge on any atom is -0.236 e. The molecule has 0 radical (unpaired) electrons. The molecule has 1 unspecified atom stereocenters. The maximum absolute atomic E-state index is 4.16. The van der Waals surface area contributed by atoms with E-state index in [4.69, 9.17) is 0 Å². The second kappa shape index (κ2) is 3.67. The van der Waals surface area contributed by atoms with E-state index in [2.05, 4.69) is 55.8 Å². The summed E-state index contributed by atoms with van der Waals surface area (Å²) >= 11 is 6.53. The van der Waals surface area contributed by atoms with Crippen LogP contribution in [0.4, 0.5) is 0 Å². The molecule has 0 aliphatic heterocycles. The van der Waals surface area contributed by atoms with Gasteiger partial charge in [-0.2, -0.15) is 4.98 Å². The molecule has 0 amide bonds. The summed E-state index contributed by atoms with van der Waals surface area (Å²) in [6.45, 7) is 4.22. The molecule has 62 valence electrons. The van der Waals surface area contributed by atoms with Gasteiger partial charge in [0.25, 0.3) is 0 Å². The third-order valence-corrected chi connectivity index (χ3v) is 2.45. The molecule has 0 spiro atoms. The van der Waals surface area contributed by atoms with E-state index in [9.17, 15) is 0 Å². The Kier molecular flexibility index (Phi) is 3.06. The average Bonchev–Trinajstić information content (AvgIpc) is 2.28. The van der Waals surface area contributed by atoms with Gasteiger partial charge in [-0.15, -0.1) is 5.10 Å². The molecule has 11 heavy (non-hydrogen) atoms. The summed E-state index contributed by atoms with van der Waals surface area (Å²) in [6, 6.07) is 0.392. The zero-order valence-corrected chi connectivity index (χ0v) is 9.55. The van der Waals surface area contributed by atoms with E-state index in [-0.39, 0.29) is 0 Å². The topological polar surface area (TPSA) is 30.7 Å². The van der Waals surface area contributed by atoms with E-state index < -0.39 is 0 Å². The molecule has 0 aliphatic rings. The van der Waals surface area contributed by atoms with Gasteiger partial charge in [-0.3, -0.25) is 0 Å². The fourth-order valence-corrected chi connectivity index (χ4v) is 1.91. The van der Waals surface area contributed by atoms with Crippen molar-refractivity contribution in [2.24, 2.45) is 0 Å². The van der Waals surface area contributed by atoms with E-state index in [0.29, 0.717) is 10.8 Å². The normalized spacial score (nSPS) is 13.5. The minimum absolute atomic E-state index is 0.392. The van der Waals surface area contributed by atoms with Gasteiger partial charge >= 0.3 is 0 Å². The van der Waals surface area contributed by atoms with Crippen molar-refractivity contribution >= 4 is 31.9 Å². The Hall–Kier alpha value is 0.1000. The zero-order chi connectivity index (χ0) is 8.43. The largest absolute Gasteiger partial charge is 0.236 e. The summed E-state index contributed by atoms with van der Waals surface area (Å²) in [4.78, 5) is 4.07. The van der Waals surface area contributed by atoms with Gasteiger partial charge in [0.05, 0.1) is 6.04 Å². The molecule has 1 heterocycles. The van der Waals surface area contributed by atoms with Crippen molar-refractivity contribution in [1.29, 1.82) is 0 Å². The molecular formula is C6H9Br2N3. The summed E-state index contributed by atoms with van der Waals surface area (Å²) in [5, 5.41) is 4.16. The monoisotopic (exact) mass is 281 g/mol. The number of hydrogen-bond acceptors (Lipinski definition) is 2. The van der Waals surface area contributed by atoms with Crippen LogP contribution in [-0.4, -0.2) is 14.8 Å². The fourth-order valence-electron chi connectivity index (χ4n) is 0.733. The first-order valence-electron chi connectivity index (χ1n) is 3.42. The van der Waals surface area contributed by atoms with Crippen LogP contribution < -0.4 is 0 Å². The smallest absolute Gasteiger partial charge is 0.218 e. The summed E-state index contributed by atoms with van der Waals surface area (Å²) in [6.07, 6.45) is 1.05. The first-order valence-corrected chi connectivity index (χ1v) is 5.01. The van der Waals surface area contributed by atoms with Crippen LogP contribution in [0.25, 0.3) is 0 Å². The predicted octanol–water partition coefficient (Wildman–Crippen LogP) is 2.77. The van der Waals surface area contributed by atoms with Gasteiger partial charge in [-0.05, 0) is 45.2 Å². The quantitative estimate of drug-likeness (QED) is 0.835. The number of halogens is 2. The van der Waals surface area contributed by atoms with Gasteiger partial charge in [0.15, 0.2) is 4.73 Å². The van der Waals surface area contributed by atoms with Crippen molar-refractivity contribution in [2.75, 3.05) is 0 Å². The molecule has 0 saturated carbocycles. The Labute approximate surface area is 82.5 Å². The third-order valence-electron chi connectivity index (χ3n) is 1.57. The van der Waals surface area contributed by atoms with Crippen LogP contribution in [0.3, 0.4) is 0 Å². The lowest BCUT2D eigenvalue weighted by atomic mass is 10.3. The van der Waals surface area contributed by atoms with Crippen molar-refractivity contribution in [1.82, 2.24) is 14.8 Å². The lowest BCUT2D eigenvalue weighted by Gasteiger charge is -2.08. The van der Waals surface area contributed by atoms with Crippen LogP contribution in [0.1, 0.15) is 26.3 Å². The van der Waals surface area contributed by atoms with Gasteiger partial charge in [0.2, 0.25) is 4.73 Å². The molecule has 5 heteroatoms. The molecule has 0 fully saturated rings. The molecule has 0 N–H and O–H groups in total. The van der Waals surface area contributed by atoms with E-state index in [1.165, 1.54) is 0 Å². The van der Waals surface area contributed by atoms with Crippen LogP contribution in [0.5, 0.6) is 0 Å². The molecule has 3 nitrogen and oxygen atoms in total. The molecule has 0 aromatic carbocycles. The number of aromatic nitrogens is 3. The Morgan fingerprint density at radius 2 is 2.18 bits per heavy atom. The molecule has 0 saturated heterocycles. The third kappa shape index (κ3) is 2.02. The summed E-state index contributed by atoms with van der Waals surface area (Å²) < 4.78 is 3.26. The van der Waals surface area contributed by atoms with E-state index in [1.54, 1.807) is 0 Å². The fraction of sp³-hybridized carbons (Fsp3) is 0.667. The van der Waals surface area contributed by atoms with Gasteiger partial charge in [-0.25, -0.2) is 4.68 Å². The van der Waals surface area contributed by atoms with Gasteiger partial charge in [-0.1, -0.05) is 6.92 Å². The van der Waals surface area contributed by atoms with Gasteiger partial charge < -0.3 is 0 Å². The maximum atomic E-state index is 4.16. The van der Waals surface area contributed by atoms with Gasteiger partial charge in [0, 0.05) is 0 Å². The van der Waals surface area contributed by atoms with Crippen LogP contribution >= 0.6 is 31.9 Å². The Morgan fingerprint density at radius 1 is 1.55 bits per heavy atom. The molecule has 1 aromatic rings. The van der Waals surface area contributed by atoms with E-state index in [0.717, 1.165) is 11.2 Å². The van der Waals surface area contributed by atoms with Crippen molar-refractivity contribution in [3.8, 4) is 0 Å². The van der Waals surface area contributed by atoms with Crippen LogP contribution in [-0.2, 0) is 0 Å².